The molecule has 0 saturated carbocycles. The maximum absolute atomic E-state index is 5.50. The first-order valence-corrected chi connectivity index (χ1v) is 7.87. The molecule has 1 aliphatic rings. The molecule has 0 amide bonds. The molecule has 0 aromatic carbocycles. The van der Waals surface area contributed by atoms with Crippen LogP contribution in [0.1, 0.15) is 35.6 Å². The largest absolute Gasteiger partial charge is 0.361 e. The zero-order chi connectivity index (χ0) is 14.9. The molecule has 3 heterocycles. The number of aromatic nitrogens is 3. The first-order valence-electron chi connectivity index (χ1n) is 7.87. The quantitative estimate of drug-likeness (QED) is 0.743. The van der Waals surface area contributed by atoms with Crippen LogP contribution in [0.3, 0.4) is 0 Å². The van der Waals surface area contributed by atoms with Crippen LogP contribution < -0.4 is 0 Å². The molecule has 0 N–H and O–H groups in total. The van der Waals surface area contributed by atoms with Gasteiger partial charge in [-0.15, -0.1) is 0 Å². The molecule has 1 aliphatic carbocycles. The standard InChI is InChI=1S/C17H20N4O/c1-20(11-13-10-18-17-8-4-5-9-21(13)17)12-15-14-6-2-3-7-16(14)22-19-15/h4-5,8-10H,2-3,6-7,11-12H2,1H3. The summed E-state index contributed by atoms with van der Waals surface area (Å²) < 4.78 is 7.63. The average Bonchev–Trinajstić information content (AvgIpc) is 3.13. The highest BCUT2D eigenvalue weighted by atomic mass is 16.5. The lowest BCUT2D eigenvalue weighted by molar-refractivity contribution is 0.297. The van der Waals surface area contributed by atoms with E-state index < -0.39 is 0 Å². The Morgan fingerprint density at radius 1 is 1.23 bits per heavy atom. The molecule has 0 fully saturated rings. The van der Waals surface area contributed by atoms with Gasteiger partial charge in [-0.3, -0.25) is 4.90 Å². The Kier molecular flexibility index (Phi) is 3.42. The lowest BCUT2D eigenvalue weighted by atomic mass is 9.96. The molecule has 5 heteroatoms. The van der Waals surface area contributed by atoms with E-state index in [2.05, 4.69) is 32.7 Å². The van der Waals surface area contributed by atoms with E-state index in [4.69, 9.17) is 4.52 Å². The van der Waals surface area contributed by atoms with E-state index in [-0.39, 0.29) is 0 Å². The molecule has 0 saturated heterocycles. The fourth-order valence-electron chi connectivity index (χ4n) is 3.26. The minimum absolute atomic E-state index is 0.818. The van der Waals surface area contributed by atoms with E-state index in [0.29, 0.717) is 0 Å². The topological polar surface area (TPSA) is 46.6 Å². The third kappa shape index (κ3) is 2.41. The SMILES string of the molecule is CN(Cc1noc2c1CCCC2)Cc1cnc2ccccn12. The monoisotopic (exact) mass is 296 g/mol. The van der Waals surface area contributed by atoms with Gasteiger partial charge in [0.05, 0.1) is 11.9 Å². The van der Waals surface area contributed by atoms with Crippen molar-refractivity contribution in [3.8, 4) is 0 Å². The summed E-state index contributed by atoms with van der Waals surface area (Å²) in [7, 11) is 2.12. The van der Waals surface area contributed by atoms with Gasteiger partial charge in [0.2, 0.25) is 0 Å². The van der Waals surface area contributed by atoms with Crippen molar-refractivity contribution in [2.45, 2.75) is 38.8 Å². The summed E-state index contributed by atoms with van der Waals surface area (Å²) in [5.41, 5.74) is 4.63. The Hall–Kier alpha value is -2.14. The summed E-state index contributed by atoms with van der Waals surface area (Å²) in [6.45, 7) is 1.66. The predicted molar refractivity (Wildman–Crippen MR) is 83.5 cm³/mol. The maximum atomic E-state index is 5.50. The molecule has 22 heavy (non-hydrogen) atoms. The van der Waals surface area contributed by atoms with Gasteiger partial charge in [-0.05, 0) is 38.4 Å². The van der Waals surface area contributed by atoms with Crippen molar-refractivity contribution < 1.29 is 4.52 Å². The summed E-state index contributed by atoms with van der Waals surface area (Å²) in [6, 6.07) is 6.07. The second kappa shape index (κ2) is 5.57. The number of pyridine rings is 1. The van der Waals surface area contributed by atoms with Crippen molar-refractivity contribution >= 4 is 5.65 Å². The molecular formula is C17H20N4O. The van der Waals surface area contributed by atoms with Crippen molar-refractivity contribution in [2.24, 2.45) is 0 Å². The van der Waals surface area contributed by atoms with Gasteiger partial charge in [-0.1, -0.05) is 11.2 Å². The van der Waals surface area contributed by atoms with E-state index in [1.165, 1.54) is 24.1 Å². The van der Waals surface area contributed by atoms with Gasteiger partial charge >= 0.3 is 0 Å². The Morgan fingerprint density at radius 3 is 3.09 bits per heavy atom. The average molecular weight is 296 g/mol. The summed E-state index contributed by atoms with van der Waals surface area (Å²) in [4.78, 5) is 6.71. The minimum atomic E-state index is 0.818. The Balaban J connectivity index is 1.51. The van der Waals surface area contributed by atoms with Gasteiger partial charge in [0.25, 0.3) is 0 Å². The van der Waals surface area contributed by atoms with Crippen LogP contribution in [-0.2, 0) is 25.9 Å². The number of aryl methyl sites for hydroxylation is 1. The molecule has 0 radical (unpaired) electrons. The lowest BCUT2D eigenvalue weighted by Gasteiger charge is -2.16. The third-order valence-corrected chi connectivity index (χ3v) is 4.38. The summed E-state index contributed by atoms with van der Waals surface area (Å²) in [6.07, 6.45) is 8.63. The summed E-state index contributed by atoms with van der Waals surface area (Å²) in [5, 5.41) is 4.29. The molecule has 5 nitrogen and oxygen atoms in total. The second-order valence-corrected chi connectivity index (χ2v) is 6.09. The van der Waals surface area contributed by atoms with Crippen molar-refractivity contribution in [1.82, 2.24) is 19.4 Å². The van der Waals surface area contributed by atoms with Gasteiger partial charge in [-0.25, -0.2) is 4.98 Å². The normalized spacial score (nSPS) is 14.6. The van der Waals surface area contributed by atoms with E-state index in [1.54, 1.807) is 0 Å². The number of imidazole rings is 1. The number of hydrogen-bond donors (Lipinski definition) is 0. The molecule has 0 aliphatic heterocycles. The van der Waals surface area contributed by atoms with Gasteiger partial charge in [0.1, 0.15) is 17.1 Å². The zero-order valence-corrected chi connectivity index (χ0v) is 12.8. The lowest BCUT2D eigenvalue weighted by Crippen LogP contribution is -2.19. The second-order valence-electron chi connectivity index (χ2n) is 6.09. The fraction of sp³-hybridized carbons (Fsp3) is 0.412. The molecule has 0 atom stereocenters. The summed E-state index contributed by atoms with van der Waals surface area (Å²) in [5.74, 6) is 1.10. The van der Waals surface area contributed by atoms with Crippen molar-refractivity contribution in [3.63, 3.8) is 0 Å². The highest BCUT2D eigenvalue weighted by molar-refractivity contribution is 5.39. The van der Waals surface area contributed by atoms with Gasteiger partial charge in [-0.2, -0.15) is 0 Å². The predicted octanol–water partition coefficient (Wildman–Crippen LogP) is 2.83. The van der Waals surface area contributed by atoms with Crippen LogP contribution >= 0.6 is 0 Å². The van der Waals surface area contributed by atoms with E-state index in [0.717, 1.165) is 43.0 Å². The summed E-state index contributed by atoms with van der Waals surface area (Å²) >= 11 is 0. The van der Waals surface area contributed by atoms with E-state index >= 15 is 0 Å². The number of hydrogen-bond acceptors (Lipinski definition) is 4. The molecule has 114 valence electrons. The van der Waals surface area contributed by atoms with Gasteiger partial charge < -0.3 is 8.92 Å². The highest BCUT2D eigenvalue weighted by Crippen LogP contribution is 2.25. The zero-order valence-electron chi connectivity index (χ0n) is 12.8. The van der Waals surface area contributed by atoms with Crippen molar-refractivity contribution in [1.29, 1.82) is 0 Å². The first-order chi connectivity index (χ1) is 10.8. The fourth-order valence-corrected chi connectivity index (χ4v) is 3.26. The number of fused-ring (bicyclic) bond motifs is 2. The third-order valence-electron chi connectivity index (χ3n) is 4.38. The Morgan fingerprint density at radius 2 is 2.14 bits per heavy atom. The molecular weight excluding hydrogens is 276 g/mol. The van der Waals surface area contributed by atoms with Crippen LogP contribution in [0.4, 0.5) is 0 Å². The number of nitrogens with zero attached hydrogens (tertiary/aromatic N) is 4. The maximum Gasteiger partial charge on any atom is 0.140 e. The van der Waals surface area contributed by atoms with Crippen LogP contribution in [0.15, 0.2) is 35.1 Å². The van der Waals surface area contributed by atoms with E-state index in [1.807, 2.05) is 24.4 Å². The van der Waals surface area contributed by atoms with Crippen molar-refractivity contribution in [2.75, 3.05) is 7.05 Å². The Labute approximate surface area is 129 Å². The minimum Gasteiger partial charge on any atom is -0.361 e. The van der Waals surface area contributed by atoms with Gasteiger partial charge in [0.15, 0.2) is 0 Å². The molecule has 3 aromatic heterocycles. The van der Waals surface area contributed by atoms with Crippen molar-refractivity contribution in [3.05, 3.63) is 53.3 Å². The molecule has 0 bridgehead atoms. The Bertz CT molecular complexity index is 789. The van der Waals surface area contributed by atoms with Crippen LogP contribution in [0.5, 0.6) is 0 Å². The first kappa shape index (κ1) is 13.5. The van der Waals surface area contributed by atoms with E-state index in [9.17, 15) is 0 Å². The van der Waals surface area contributed by atoms with Crippen LogP contribution in [0.25, 0.3) is 5.65 Å². The van der Waals surface area contributed by atoms with Gasteiger partial charge in [0, 0.05) is 31.3 Å². The molecule has 3 aromatic rings. The van der Waals surface area contributed by atoms with Crippen LogP contribution in [0.2, 0.25) is 0 Å². The van der Waals surface area contributed by atoms with Crippen LogP contribution in [0, 0.1) is 0 Å². The molecule has 0 unspecified atom stereocenters. The molecule has 0 spiro atoms. The molecule has 4 rings (SSSR count). The number of rotatable bonds is 4. The highest BCUT2D eigenvalue weighted by Gasteiger charge is 2.20. The van der Waals surface area contributed by atoms with Crippen LogP contribution in [-0.4, -0.2) is 26.5 Å². The smallest absolute Gasteiger partial charge is 0.140 e.